The first-order valence-electron chi connectivity index (χ1n) is 4.21. The van der Waals surface area contributed by atoms with Gasteiger partial charge in [0.05, 0.1) is 5.56 Å². The molecule has 1 aromatic carbocycles. The zero-order valence-corrected chi connectivity index (χ0v) is 8.12. The third-order valence-corrected chi connectivity index (χ3v) is 1.53. The second-order valence-electron chi connectivity index (χ2n) is 2.52. The van der Waals surface area contributed by atoms with Crippen LogP contribution in [0.1, 0.15) is 5.56 Å². The van der Waals surface area contributed by atoms with Gasteiger partial charge in [-0.05, 0) is 18.2 Å². The highest BCUT2D eigenvalue weighted by atomic mass is 16.7. The van der Waals surface area contributed by atoms with Crippen molar-refractivity contribution in [2.45, 2.75) is 0 Å². The molecule has 0 aromatic heterocycles. The maximum absolute atomic E-state index is 5.32. The number of rotatable bonds is 3. The van der Waals surface area contributed by atoms with Crippen LogP contribution in [0.25, 0.3) is 0 Å². The van der Waals surface area contributed by atoms with Crippen LogP contribution in [-0.2, 0) is 4.74 Å². The summed E-state index contributed by atoms with van der Waals surface area (Å²) in [5.74, 6) is 6.42. The van der Waals surface area contributed by atoms with Crippen molar-refractivity contribution in [3.8, 4) is 17.6 Å². The van der Waals surface area contributed by atoms with Crippen LogP contribution in [-0.4, -0.2) is 13.9 Å². The molecule has 0 saturated heterocycles. The van der Waals surface area contributed by atoms with Gasteiger partial charge in [-0.3, -0.25) is 0 Å². The summed E-state index contributed by atoms with van der Waals surface area (Å²) in [4.78, 5) is 0. The standard InChI is InChI=1S/C12H12O2/c1-3-4-7-11-8-5-6-9-12(11)14-10-13-2/h3,5-6,8-9H,1,10H2,2H3. The molecule has 0 radical (unpaired) electrons. The van der Waals surface area contributed by atoms with E-state index in [0.29, 0.717) is 0 Å². The topological polar surface area (TPSA) is 18.5 Å². The van der Waals surface area contributed by atoms with Crippen molar-refractivity contribution >= 4 is 0 Å². The molecular formula is C12H12O2. The molecule has 0 amide bonds. The third kappa shape index (κ3) is 2.96. The average molecular weight is 188 g/mol. The van der Waals surface area contributed by atoms with Gasteiger partial charge in [0.15, 0.2) is 6.79 Å². The lowest BCUT2D eigenvalue weighted by Gasteiger charge is -2.05. The Balaban J connectivity index is 2.85. The largest absolute Gasteiger partial charge is 0.466 e. The Kier molecular flexibility index (Phi) is 4.33. The van der Waals surface area contributed by atoms with Crippen LogP contribution in [0.4, 0.5) is 0 Å². The van der Waals surface area contributed by atoms with Crippen molar-refractivity contribution in [2.24, 2.45) is 0 Å². The minimum atomic E-state index is 0.229. The van der Waals surface area contributed by atoms with Crippen molar-refractivity contribution in [1.29, 1.82) is 0 Å². The molecule has 0 atom stereocenters. The van der Waals surface area contributed by atoms with E-state index in [4.69, 9.17) is 9.47 Å². The molecule has 2 nitrogen and oxygen atoms in total. The Morgan fingerprint density at radius 1 is 1.43 bits per heavy atom. The van der Waals surface area contributed by atoms with Gasteiger partial charge >= 0.3 is 0 Å². The second kappa shape index (κ2) is 5.85. The number of benzene rings is 1. The Morgan fingerprint density at radius 3 is 2.93 bits per heavy atom. The summed E-state index contributed by atoms with van der Waals surface area (Å²) in [7, 11) is 1.58. The van der Waals surface area contributed by atoms with Crippen LogP contribution in [0, 0.1) is 11.8 Å². The molecule has 0 aliphatic rings. The average Bonchev–Trinajstić information content (AvgIpc) is 2.24. The van der Waals surface area contributed by atoms with Crippen molar-refractivity contribution in [2.75, 3.05) is 13.9 Å². The number of para-hydroxylation sites is 1. The quantitative estimate of drug-likeness (QED) is 0.535. The lowest BCUT2D eigenvalue weighted by molar-refractivity contribution is 0.0509. The fourth-order valence-corrected chi connectivity index (χ4v) is 0.947. The molecule has 0 bridgehead atoms. The second-order valence-corrected chi connectivity index (χ2v) is 2.52. The van der Waals surface area contributed by atoms with Gasteiger partial charge in [-0.25, -0.2) is 0 Å². The SMILES string of the molecule is C=CC#Cc1ccccc1OCOC. The highest BCUT2D eigenvalue weighted by molar-refractivity contribution is 5.46. The lowest BCUT2D eigenvalue weighted by atomic mass is 10.2. The van der Waals surface area contributed by atoms with E-state index >= 15 is 0 Å². The van der Waals surface area contributed by atoms with E-state index in [0.717, 1.165) is 11.3 Å². The van der Waals surface area contributed by atoms with Crippen molar-refractivity contribution in [3.05, 3.63) is 42.5 Å². The summed E-state index contributed by atoms with van der Waals surface area (Å²) >= 11 is 0. The lowest BCUT2D eigenvalue weighted by Crippen LogP contribution is -2.00. The van der Waals surface area contributed by atoms with Gasteiger partial charge in [-0.2, -0.15) is 0 Å². The van der Waals surface area contributed by atoms with Crippen LogP contribution >= 0.6 is 0 Å². The van der Waals surface area contributed by atoms with Crippen LogP contribution in [0.15, 0.2) is 36.9 Å². The van der Waals surface area contributed by atoms with Crippen LogP contribution < -0.4 is 4.74 Å². The Morgan fingerprint density at radius 2 is 2.21 bits per heavy atom. The van der Waals surface area contributed by atoms with Crippen LogP contribution in [0.2, 0.25) is 0 Å². The Hall–Kier alpha value is -1.72. The van der Waals surface area contributed by atoms with Gasteiger partial charge in [0.2, 0.25) is 0 Å². The summed E-state index contributed by atoms with van der Waals surface area (Å²) in [5.41, 5.74) is 0.837. The van der Waals surface area contributed by atoms with E-state index in [1.165, 1.54) is 0 Å². The minimum absolute atomic E-state index is 0.229. The smallest absolute Gasteiger partial charge is 0.188 e. The summed E-state index contributed by atoms with van der Waals surface area (Å²) in [6.07, 6.45) is 1.55. The molecule has 0 fully saturated rings. The maximum atomic E-state index is 5.32. The van der Waals surface area contributed by atoms with E-state index in [1.807, 2.05) is 24.3 Å². The molecule has 0 saturated carbocycles. The van der Waals surface area contributed by atoms with E-state index in [1.54, 1.807) is 13.2 Å². The summed E-state index contributed by atoms with van der Waals surface area (Å²) in [6.45, 7) is 3.76. The van der Waals surface area contributed by atoms with E-state index < -0.39 is 0 Å². The number of ether oxygens (including phenoxy) is 2. The highest BCUT2D eigenvalue weighted by Crippen LogP contribution is 2.16. The molecule has 0 aliphatic heterocycles. The number of methoxy groups -OCH3 is 1. The molecule has 0 spiro atoms. The summed E-state index contributed by atoms with van der Waals surface area (Å²) in [5, 5.41) is 0. The summed E-state index contributed by atoms with van der Waals surface area (Å²) < 4.78 is 10.1. The monoisotopic (exact) mass is 188 g/mol. The fraction of sp³-hybridized carbons (Fsp3) is 0.167. The number of hydrogen-bond donors (Lipinski definition) is 0. The van der Waals surface area contributed by atoms with Gasteiger partial charge in [-0.1, -0.05) is 30.6 Å². The third-order valence-electron chi connectivity index (χ3n) is 1.53. The highest BCUT2D eigenvalue weighted by Gasteiger charge is 1.98. The molecule has 0 unspecified atom stereocenters. The van der Waals surface area contributed by atoms with Gasteiger partial charge in [0.1, 0.15) is 5.75 Å². The van der Waals surface area contributed by atoms with Gasteiger partial charge in [0, 0.05) is 7.11 Å². The number of allylic oxidation sites excluding steroid dienone is 1. The molecule has 2 heteroatoms. The first-order valence-corrected chi connectivity index (χ1v) is 4.21. The number of hydrogen-bond acceptors (Lipinski definition) is 2. The van der Waals surface area contributed by atoms with Gasteiger partial charge in [-0.15, -0.1) is 0 Å². The predicted octanol–water partition coefficient (Wildman–Crippen LogP) is 2.21. The molecule has 14 heavy (non-hydrogen) atoms. The van der Waals surface area contributed by atoms with Crippen molar-refractivity contribution < 1.29 is 9.47 Å². The molecule has 72 valence electrons. The first-order chi connectivity index (χ1) is 6.88. The van der Waals surface area contributed by atoms with E-state index in [2.05, 4.69) is 18.4 Å². The fourth-order valence-electron chi connectivity index (χ4n) is 0.947. The molecular weight excluding hydrogens is 176 g/mol. The van der Waals surface area contributed by atoms with E-state index in [9.17, 15) is 0 Å². The maximum Gasteiger partial charge on any atom is 0.188 e. The van der Waals surface area contributed by atoms with Crippen LogP contribution in [0.3, 0.4) is 0 Å². The molecule has 1 rings (SSSR count). The van der Waals surface area contributed by atoms with Gasteiger partial charge < -0.3 is 9.47 Å². The zero-order valence-electron chi connectivity index (χ0n) is 8.12. The minimum Gasteiger partial charge on any atom is -0.466 e. The summed E-state index contributed by atoms with van der Waals surface area (Å²) in [6, 6.07) is 7.55. The molecule has 0 heterocycles. The predicted molar refractivity (Wildman–Crippen MR) is 56.0 cm³/mol. The first kappa shape index (κ1) is 10.4. The molecule has 0 aliphatic carbocycles. The van der Waals surface area contributed by atoms with E-state index in [-0.39, 0.29) is 6.79 Å². The Bertz CT molecular complexity index is 358. The Labute approximate surface area is 84.2 Å². The normalized spacial score (nSPS) is 8.64. The van der Waals surface area contributed by atoms with Gasteiger partial charge in [0.25, 0.3) is 0 Å². The molecule has 0 N–H and O–H groups in total. The van der Waals surface area contributed by atoms with Crippen molar-refractivity contribution in [3.63, 3.8) is 0 Å². The van der Waals surface area contributed by atoms with Crippen LogP contribution in [0.5, 0.6) is 5.75 Å². The van der Waals surface area contributed by atoms with Crippen molar-refractivity contribution in [1.82, 2.24) is 0 Å². The molecule has 1 aromatic rings. The zero-order chi connectivity index (χ0) is 10.2.